The molecule has 2 nitrogen and oxygen atoms in total. The maximum atomic E-state index is 4.46. The first-order valence-electron chi connectivity index (χ1n) is 13.3. The average Bonchev–Trinajstić information content (AvgIpc) is 3.21. The zero-order chi connectivity index (χ0) is 22.8. The van der Waals surface area contributed by atoms with Gasteiger partial charge in [0.2, 0.25) is 0 Å². The highest BCUT2D eigenvalue weighted by atomic mass is 15.2. The molecule has 0 amide bonds. The van der Waals surface area contributed by atoms with E-state index in [1.165, 1.54) is 61.0 Å². The number of aryl methyl sites for hydroxylation is 3. The molecule has 2 saturated carbocycles. The zero-order valence-electron chi connectivity index (χ0n) is 21.2. The standard InChI is InChI=1S/C12H22.C9H12N2.C9H12/c1-3-7-11(8-4-1)12-9-5-2-6-10-12;1-7-3-4-8-5-6-11(2)9(8)10-7;1-3-9-6-4-5-8(2)7-9/h11-12H,1-10H2;3-4H,5-6H2,1-2H3;4-7H,3H2,1-2H3. The number of fused-ring (bicyclic) bond motifs is 1. The van der Waals surface area contributed by atoms with Crippen LogP contribution in [0.25, 0.3) is 0 Å². The largest absolute Gasteiger partial charge is 0.359 e. The van der Waals surface area contributed by atoms with Crippen LogP contribution in [0.4, 0.5) is 5.82 Å². The number of hydrogen-bond acceptors (Lipinski definition) is 2. The van der Waals surface area contributed by atoms with Crippen LogP contribution in [-0.4, -0.2) is 18.6 Å². The summed E-state index contributed by atoms with van der Waals surface area (Å²) >= 11 is 0. The van der Waals surface area contributed by atoms with Crippen LogP contribution in [0.5, 0.6) is 0 Å². The Balaban J connectivity index is 0.000000137. The Hall–Kier alpha value is -1.83. The van der Waals surface area contributed by atoms with Gasteiger partial charge < -0.3 is 4.90 Å². The van der Waals surface area contributed by atoms with Gasteiger partial charge in [-0.05, 0) is 55.7 Å². The average molecular weight is 435 g/mol. The third-order valence-electron chi connectivity index (χ3n) is 7.63. The van der Waals surface area contributed by atoms with Crippen molar-refractivity contribution in [1.29, 1.82) is 0 Å². The van der Waals surface area contributed by atoms with Crippen molar-refractivity contribution in [3.8, 4) is 0 Å². The summed E-state index contributed by atoms with van der Waals surface area (Å²) in [6, 6.07) is 12.9. The van der Waals surface area contributed by atoms with Crippen molar-refractivity contribution in [2.75, 3.05) is 18.5 Å². The molecular weight excluding hydrogens is 388 g/mol. The zero-order valence-corrected chi connectivity index (χ0v) is 21.2. The van der Waals surface area contributed by atoms with Gasteiger partial charge in [0.15, 0.2) is 0 Å². The number of rotatable bonds is 2. The molecule has 2 aliphatic carbocycles. The summed E-state index contributed by atoms with van der Waals surface area (Å²) in [6.07, 6.45) is 17.7. The molecule has 0 unspecified atom stereocenters. The van der Waals surface area contributed by atoms with E-state index in [1.807, 2.05) is 6.92 Å². The Bertz CT molecular complexity index is 784. The Morgan fingerprint density at radius 3 is 2.00 bits per heavy atom. The SMILES string of the molecule is C1CCC(C2CCCCC2)CC1.CCc1cccc(C)c1.Cc1ccc2c(n1)N(C)CC2. The lowest BCUT2D eigenvalue weighted by molar-refractivity contribution is 0.196. The van der Waals surface area contributed by atoms with Gasteiger partial charge in [-0.25, -0.2) is 4.98 Å². The first-order valence-corrected chi connectivity index (χ1v) is 13.3. The van der Waals surface area contributed by atoms with Crippen LogP contribution in [0.3, 0.4) is 0 Å². The monoisotopic (exact) mass is 434 g/mol. The summed E-state index contributed by atoms with van der Waals surface area (Å²) in [7, 11) is 2.10. The third kappa shape index (κ3) is 7.64. The molecular formula is C30H46N2. The topological polar surface area (TPSA) is 16.1 Å². The number of nitrogens with zero attached hydrogens (tertiary/aromatic N) is 2. The van der Waals surface area contributed by atoms with Gasteiger partial charge in [0.1, 0.15) is 5.82 Å². The highest BCUT2D eigenvalue weighted by Gasteiger charge is 2.24. The highest BCUT2D eigenvalue weighted by Crippen LogP contribution is 2.37. The van der Waals surface area contributed by atoms with Crippen LogP contribution in [-0.2, 0) is 12.8 Å². The molecule has 0 atom stereocenters. The number of pyridine rings is 1. The van der Waals surface area contributed by atoms with E-state index in [0.717, 1.165) is 36.9 Å². The summed E-state index contributed by atoms with van der Waals surface area (Å²) < 4.78 is 0. The first-order chi connectivity index (χ1) is 15.6. The smallest absolute Gasteiger partial charge is 0.131 e. The van der Waals surface area contributed by atoms with Crippen molar-refractivity contribution in [1.82, 2.24) is 4.98 Å². The number of anilines is 1. The van der Waals surface area contributed by atoms with E-state index in [2.05, 4.69) is 67.2 Å². The van der Waals surface area contributed by atoms with E-state index in [9.17, 15) is 0 Å². The molecule has 0 spiro atoms. The van der Waals surface area contributed by atoms with Gasteiger partial charge in [-0.1, -0.05) is 107 Å². The minimum absolute atomic E-state index is 1.11. The van der Waals surface area contributed by atoms with Gasteiger partial charge >= 0.3 is 0 Å². The van der Waals surface area contributed by atoms with Gasteiger partial charge in [0.25, 0.3) is 0 Å². The molecule has 3 aliphatic rings. The van der Waals surface area contributed by atoms with E-state index in [0.29, 0.717) is 0 Å². The van der Waals surface area contributed by atoms with E-state index < -0.39 is 0 Å². The van der Waals surface area contributed by atoms with Crippen LogP contribution in [0.1, 0.15) is 93.5 Å². The van der Waals surface area contributed by atoms with Crippen molar-refractivity contribution in [3.63, 3.8) is 0 Å². The predicted molar refractivity (Wildman–Crippen MR) is 140 cm³/mol. The van der Waals surface area contributed by atoms with Crippen molar-refractivity contribution in [2.24, 2.45) is 11.8 Å². The Kier molecular flexibility index (Phi) is 10.1. The Labute approximate surface area is 197 Å². The van der Waals surface area contributed by atoms with Gasteiger partial charge in [-0.2, -0.15) is 0 Å². The fourth-order valence-electron chi connectivity index (χ4n) is 5.63. The lowest BCUT2D eigenvalue weighted by atomic mass is 9.73. The summed E-state index contributed by atoms with van der Waals surface area (Å²) in [5.41, 5.74) is 5.28. The quantitative estimate of drug-likeness (QED) is 0.475. The van der Waals surface area contributed by atoms with E-state index in [4.69, 9.17) is 0 Å². The van der Waals surface area contributed by atoms with Crippen molar-refractivity contribution in [2.45, 2.75) is 97.8 Å². The number of hydrogen-bond donors (Lipinski definition) is 0. The van der Waals surface area contributed by atoms with E-state index in [1.54, 1.807) is 25.7 Å². The second-order valence-electron chi connectivity index (χ2n) is 10.2. The lowest BCUT2D eigenvalue weighted by Gasteiger charge is -2.32. The molecule has 0 bridgehead atoms. The predicted octanol–water partition coefficient (Wildman–Crippen LogP) is 8.09. The van der Waals surface area contributed by atoms with Gasteiger partial charge in [0, 0.05) is 19.3 Å². The summed E-state index contributed by atoms with van der Waals surface area (Å²) in [6.45, 7) is 7.45. The molecule has 1 aromatic heterocycles. The molecule has 2 heterocycles. The fourth-order valence-corrected chi connectivity index (χ4v) is 5.63. The molecule has 32 heavy (non-hydrogen) atoms. The molecule has 2 heteroatoms. The minimum Gasteiger partial charge on any atom is -0.359 e. The van der Waals surface area contributed by atoms with E-state index >= 15 is 0 Å². The normalized spacial score (nSPS) is 18.8. The van der Waals surface area contributed by atoms with Crippen molar-refractivity contribution in [3.05, 3.63) is 58.8 Å². The Morgan fingerprint density at radius 1 is 0.844 bits per heavy atom. The number of likely N-dealkylation sites (N-methyl/N-ethyl adjacent to an activating group) is 1. The van der Waals surface area contributed by atoms with Crippen molar-refractivity contribution >= 4 is 5.82 Å². The minimum atomic E-state index is 1.11. The molecule has 176 valence electrons. The molecule has 5 rings (SSSR count). The Morgan fingerprint density at radius 2 is 1.47 bits per heavy atom. The van der Waals surface area contributed by atoms with Crippen LogP contribution in [0.15, 0.2) is 36.4 Å². The summed E-state index contributed by atoms with van der Waals surface area (Å²) in [5.74, 6) is 3.45. The van der Waals surface area contributed by atoms with E-state index in [-0.39, 0.29) is 0 Å². The highest BCUT2D eigenvalue weighted by molar-refractivity contribution is 5.51. The van der Waals surface area contributed by atoms with Crippen LogP contribution in [0.2, 0.25) is 0 Å². The molecule has 0 radical (unpaired) electrons. The van der Waals surface area contributed by atoms with Gasteiger partial charge in [0.05, 0.1) is 0 Å². The second kappa shape index (κ2) is 13.0. The van der Waals surface area contributed by atoms with Crippen molar-refractivity contribution < 1.29 is 0 Å². The number of aromatic nitrogens is 1. The third-order valence-corrected chi connectivity index (χ3v) is 7.63. The molecule has 0 saturated heterocycles. The van der Waals surface area contributed by atoms with Crippen LogP contribution in [0, 0.1) is 25.7 Å². The second-order valence-corrected chi connectivity index (χ2v) is 10.2. The van der Waals surface area contributed by atoms with Crippen LogP contribution < -0.4 is 4.90 Å². The van der Waals surface area contributed by atoms with Gasteiger partial charge in [-0.3, -0.25) is 0 Å². The first kappa shape index (κ1) is 24.8. The van der Waals surface area contributed by atoms with Crippen LogP contribution >= 0.6 is 0 Å². The molecule has 1 aliphatic heterocycles. The summed E-state index contributed by atoms with van der Waals surface area (Å²) in [5, 5.41) is 0. The molecule has 0 N–H and O–H groups in total. The number of benzene rings is 1. The molecule has 1 aromatic carbocycles. The fraction of sp³-hybridized carbons (Fsp3) is 0.633. The summed E-state index contributed by atoms with van der Waals surface area (Å²) in [4.78, 5) is 6.67. The maximum Gasteiger partial charge on any atom is 0.131 e. The lowest BCUT2D eigenvalue weighted by Crippen LogP contribution is -2.20. The molecule has 2 aromatic rings. The molecule has 2 fully saturated rings. The van der Waals surface area contributed by atoms with Gasteiger partial charge in [-0.15, -0.1) is 0 Å². The maximum absolute atomic E-state index is 4.46.